The molecular formula is C16H13ClFN5O. The SMILES string of the molecule is Fc1cccc(Cc2nnc(NC3CC=c4[nH]ncc4=C3Cl)o2)c1. The molecule has 2 aromatic heterocycles. The van der Waals surface area contributed by atoms with Crippen LogP contribution < -0.4 is 15.9 Å². The lowest BCUT2D eigenvalue weighted by Gasteiger charge is -2.16. The molecule has 0 saturated heterocycles. The summed E-state index contributed by atoms with van der Waals surface area (Å²) >= 11 is 6.40. The molecule has 1 unspecified atom stereocenters. The van der Waals surface area contributed by atoms with E-state index in [0.29, 0.717) is 23.8 Å². The zero-order chi connectivity index (χ0) is 16.5. The summed E-state index contributed by atoms with van der Waals surface area (Å²) in [6, 6.07) is 6.42. The summed E-state index contributed by atoms with van der Waals surface area (Å²) in [6.45, 7) is 0. The molecule has 4 rings (SSSR count). The number of aromatic amines is 1. The van der Waals surface area contributed by atoms with Crippen LogP contribution in [-0.4, -0.2) is 26.4 Å². The minimum atomic E-state index is -0.291. The van der Waals surface area contributed by atoms with Gasteiger partial charge >= 0.3 is 6.01 Å². The number of halogens is 2. The lowest BCUT2D eigenvalue weighted by molar-refractivity contribution is 0.513. The van der Waals surface area contributed by atoms with Crippen molar-refractivity contribution in [2.45, 2.75) is 18.9 Å². The van der Waals surface area contributed by atoms with Crippen molar-refractivity contribution in [2.24, 2.45) is 0 Å². The average Bonchev–Trinajstić information content (AvgIpc) is 3.20. The lowest BCUT2D eigenvalue weighted by atomic mass is 10.1. The number of nitrogens with zero attached hydrogens (tertiary/aromatic N) is 3. The maximum Gasteiger partial charge on any atom is 0.316 e. The monoisotopic (exact) mass is 345 g/mol. The first kappa shape index (κ1) is 14.9. The van der Waals surface area contributed by atoms with Crippen LogP contribution in [0.5, 0.6) is 0 Å². The molecule has 1 aliphatic carbocycles. The molecule has 2 N–H and O–H groups in total. The van der Waals surface area contributed by atoms with E-state index in [-0.39, 0.29) is 17.9 Å². The van der Waals surface area contributed by atoms with Gasteiger partial charge in [-0.2, -0.15) is 5.10 Å². The molecule has 0 spiro atoms. The number of hydrogen-bond donors (Lipinski definition) is 2. The Labute approximate surface area is 141 Å². The maximum absolute atomic E-state index is 13.2. The van der Waals surface area contributed by atoms with Crippen molar-refractivity contribution >= 4 is 28.7 Å². The van der Waals surface area contributed by atoms with Crippen LogP contribution >= 0.6 is 11.6 Å². The van der Waals surface area contributed by atoms with Crippen LogP contribution in [0.3, 0.4) is 0 Å². The van der Waals surface area contributed by atoms with Crippen LogP contribution in [0.15, 0.2) is 34.9 Å². The second-order valence-corrected chi connectivity index (χ2v) is 5.90. The Hall–Kier alpha value is -2.67. The van der Waals surface area contributed by atoms with E-state index >= 15 is 0 Å². The number of hydrogen-bond acceptors (Lipinski definition) is 5. The molecule has 3 aromatic rings. The first-order chi connectivity index (χ1) is 11.7. The van der Waals surface area contributed by atoms with Crippen molar-refractivity contribution < 1.29 is 8.81 Å². The zero-order valence-electron chi connectivity index (χ0n) is 12.5. The Bertz CT molecular complexity index is 996. The normalized spacial score (nSPS) is 16.6. The second kappa shape index (κ2) is 6.09. The lowest BCUT2D eigenvalue weighted by Crippen LogP contribution is -2.35. The van der Waals surface area contributed by atoms with Gasteiger partial charge in [0.15, 0.2) is 0 Å². The highest BCUT2D eigenvalue weighted by Crippen LogP contribution is 2.20. The van der Waals surface area contributed by atoms with E-state index in [4.69, 9.17) is 16.0 Å². The standard InChI is InChI=1S/C16H13ClFN5O/c17-15-11-8-19-21-12(11)4-5-13(15)20-16-23-22-14(24-16)7-9-2-1-3-10(18)6-9/h1-4,6,8,13,21H,5,7H2,(H,20,23). The fourth-order valence-electron chi connectivity index (χ4n) is 2.65. The maximum atomic E-state index is 13.2. The number of anilines is 1. The molecule has 8 heteroatoms. The molecule has 24 heavy (non-hydrogen) atoms. The van der Waals surface area contributed by atoms with Gasteiger partial charge in [-0.05, 0) is 24.1 Å². The van der Waals surface area contributed by atoms with Gasteiger partial charge in [0.25, 0.3) is 0 Å². The highest BCUT2D eigenvalue weighted by Gasteiger charge is 2.19. The second-order valence-electron chi connectivity index (χ2n) is 5.49. The van der Waals surface area contributed by atoms with Gasteiger partial charge in [-0.25, -0.2) is 4.39 Å². The van der Waals surface area contributed by atoms with E-state index in [2.05, 4.69) is 25.7 Å². The van der Waals surface area contributed by atoms with Crippen LogP contribution in [-0.2, 0) is 6.42 Å². The van der Waals surface area contributed by atoms with E-state index in [0.717, 1.165) is 16.1 Å². The molecule has 1 atom stereocenters. The quantitative estimate of drug-likeness (QED) is 0.749. The molecule has 2 heterocycles. The summed E-state index contributed by atoms with van der Waals surface area (Å²) in [5.41, 5.74) is 0.767. The van der Waals surface area contributed by atoms with Crippen molar-refractivity contribution in [1.29, 1.82) is 0 Å². The van der Waals surface area contributed by atoms with Gasteiger partial charge in [-0.1, -0.05) is 34.9 Å². The van der Waals surface area contributed by atoms with E-state index < -0.39 is 0 Å². The summed E-state index contributed by atoms with van der Waals surface area (Å²) < 4.78 is 18.8. The van der Waals surface area contributed by atoms with E-state index in [1.54, 1.807) is 12.3 Å². The number of rotatable bonds is 4. The van der Waals surface area contributed by atoms with Gasteiger partial charge in [0.2, 0.25) is 5.89 Å². The van der Waals surface area contributed by atoms with Gasteiger partial charge in [0.05, 0.1) is 29.0 Å². The number of nitrogens with one attached hydrogen (secondary N) is 2. The molecule has 0 bridgehead atoms. The zero-order valence-corrected chi connectivity index (χ0v) is 13.2. The van der Waals surface area contributed by atoms with Crippen LogP contribution in [0.25, 0.3) is 11.1 Å². The van der Waals surface area contributed by atoms with Gasteiger partial charge in [0, 0.05) is 5.22 Å². The Kier molecular flexibility index (Phi) is 3.78. The smallest absolute Gasteiger partial charge is 0.316 e. The van der Waals surface area contributed by atoms with Crippen LogP contribution in [0, 0.1) is 5.82 Å². The minimum Gasteiger partial charge on any atom is -0.408 e. The Morgan fingerprint density at radius 3 is 3.17 bits per heavy atom. The van der Waals surface area contributed by atoms with Crippen LogP contribution in [0.4, 0.5) is 10.4 Å². The largest absolute Gasteiger partial charge is 0.408 e. The van der Waals surface area contributed by atoms with Crippen molar-refractivity contribution in [3.8, 4) is 0 Å². The summed E-state index contributed by atoms with van der Waals surface area (Å²) in [4.78, 5) is 0. The molecule has 0 fully saturated rings. The third-order valence-corrected chi connectivity index (χ3v) is 4.27. The number of fused-ring (bicyclic) bond motifs is 1. The molecule has 0 aliphatic heterocycles. The summed E-state index contributed by atoms with van der Waals surface area (Å²) in [7, 11) is 0. The summed E-state index contributed by atoms with van der Waals surface area (Å²) in [5.74, 6) is 0.114. The number of benzene rings is 1. The number of aromatic nitrogens is 4. The molecule has 0 amide bonds. The summed E-state index contributed by atoms with van der Waals surface area (Å²) in [6.07, 6.45) is 4.74. The fraction of sp³-hybridized carbons (Fsp3) is 0.188. The predicted octanol–water partition coefficient (Wildman–Crippen LogP) is 1.53. The molecule has 0 radical (unpaired) electrons. The minimum absolute atomic E-state index is 0.153. The van der Waals surface area contributed by atoms with Gasteiger partial charge in [0.1, 0.15) is 5.82 Å². The molecular weight excluding hydrogens is 333 g/mol. The Morgan fingerprint density at radius 1 is 1.38 bits per heavy atom. The third-order valence-electron chi connectivity index (χ3n) is 3.80. The van der Waals surface area contributed by atoms with E-state index in [9.17, 15) is 4.39 Å². The molecule has 6 nitrogen and oxygen atoms in total. The van der Waals surface area contributed by atoms with Gasteiger partial charge in [-0.3, -0.25) is 5.10 Å². The van der Waals surface area contributed by atoms with Gasteiger partial charge < -0.3 is 9.73 Å². The van der Waals surface area contributed by atoms with Crippen LogP contribution in [0.1, 0.15) is 17.9 Å². The van der Waals surface area contributed by atoms with E-state index in [1.165, 1.54) is 12.1 Å². The third kappa shape index (κ3) is 2.90. The first-order valence-corrected chi connectivity index (χ1v) is 7.79. The highest BCUT2D eigenvalue weighted by molar-refractivity contribution is 6.46. The van der Waals surface area contributed by atoms with Crippen molar-refractivity contribution in [1.82, 2.24) is 20.4 Å². The topological polar surface area (TPSA) is 79.6 Å². The first-order valence-electron chi connectivity index (χ1n) is 7.41. The van der Waals surface area contributed by atoms with Crippen molar-refractivity contribution in [3.05, 3.63) is 58.3 Å². The fourth-order valence-corrected chi connectivity index (χ4v) is 2.94. The van der Waals surface area contributed by atoms with Crippen molar-refractivity contribution in [2.75, 3.05) is 5.32 Å². The Balaban J connectivity index is 1.50. The molecule has 122 valence electrons. The Morgan fingerprint density at radius 2 is 2.29 bits per heavy atom. The predicted molar refractivity (Wildman–Crippen MR) is 87.1 cm³/mol. The average molecular weight is 346 g/mol. The van der Waals surface area contributed by atoms with Gasteiger partial charge in [-0.15, -0.1) is 5.10 Å². The molecule has 0 saturated carbocycles. The molecule has 1 aliphatic rings. The molecule has 1 aromatic carbocycles. The van der Waals surface area contributed by atoms with Crippen molar-refractivity contribution in [3.63, 3.8) is 0 Å². The van der Waals surface area contributed by atoms with E-state index in [1.807, 2.05) is 12.1 Å². The highest BCUT2D eigenvalue weighted by atomic mass is 35.5. The van der Waals surface area contributed by atoms with Crippen LogP contribution in [0.2, 0.25) is 0 Å². The number of H-pyrrole nitrogens is 1. The summed E-state index contributed by atoms with van der Waals surface area (Å²) in [5, 5.41) is 20.4.